The number of halogens is 9. The number of nitrogens with zero attached hydrogens (tertiary/aromatic N) is 6. The average molecular weight is 843 g/mol. The first-order valence-electron chi connectivity index (χ1n) is 14.7. The third kappa shape index (κ3) is 9.78. The highest BCUT2D eigenvalue weighted by atomic mass is 127. The fourth-order valence-corrected chi connectivity index (χ4v) is 5.60. The number of fused-ring (bicyclic) bond motifs is 2. The number of carbonyl (C=O) groups is 1. The molecule has 0 unspecified atom stereocenters. The summed E-state index contributed by atoms with van der Waals surface area (Å²) in [5.74, 6) is 1.02. The molecule has 1 saturated carbocycles. The van der Waals surface area contributed by atoms with Crippen molar-refractivity contribution in [3.05, 3.63) is 62.3 Å². The summed E-state index contributed by atoms with van der Waals surface area (Å²) >= 11 is 13.9. The minimum Gasteiger partial charge on any atom is -0.496 e. The van der Waals surface area contributed by atoms with Gasteiger partial charge in [0.25, 0.3) is 0 Å². The molecule has 0 radical (unpaired) electrons. The summed E-state index contributed by atoms with van der Waals surface area (Å²) in [4.78, 5) is 20.8. The number of hydrogen-bond donors (Lipinski definition) is 2. The number of Topliss-reactive ketones (excluding diaryl/α,β-unsaturated/α-hetero) is 1. The van der Waals surface area contributed by atoms with Crippen LogP contribution in [0.3, 0.4) is 0 Å². The van der Waals surface area contributed by atoms with Crippen molar-refractivity contribution in [1.29, 1.82) is 0 Å². The van der Waals surface area contributed by atoms with Crippen molar-refractivity contribution in [2.75, 3.05) is 30.8 Å². The number of anilines is 2. The summed E-state index contributed by atoms with van der Waals surface area (Å²) in [5.41, 5.74) is 3.29. The van der Waals surface area contributed by atoms with E-state index in [1.807, 2.05) is 22.6 Å². The van der Waals surface area contributed by atoms with Gasteiger partial charge in [0.15, 0.2) is 27.4 Å². The van der Waals surface area contributed by atoms with Crippen LogP contribution in [0.25, 0.3) is 22.6 Å². The van der Waals surface area contributed by atoms with Crippen LogP contribution in [0.4, 0.5) is 37.7 Å². The number of aromatic nitrogens is 6. The molecule has 4 heterocycles. The predicted molar refractivity (Wildman–Crippen MR) is 181 cm³/mol. The standard InChI is InChI=1S/C21H20ClF3N4O2.C9H7ClF3IN4/c1-31-18-9-13(17(30)8-12-2-3-12)4-5-14(18)16-11-27-20-15(10-19(22)28-29(16)20)26-7-6-21(23,24)25;10-6-3-5(15-2-1-9(11,12)13)8-16-4-7(14)18(8)17-6/h4-5,9-12,26H,2-3,6-8H2,1H3;3-4,15H,1-2H2. The second-order valence-corrected chi connectivity index (χ2v) is 12.9. The Kier molecular flexibility index (Phi) is 11.3. The highest BCUT2D eigenvalue weighted by molar-refractivity contribution is 14.1. The van der Waals surface area contributed by atoms with Crippen LogP contribution >= 0.6 is 45.8 Å². The Morgan fingerprint density at radius 2 is 1.45 bits per heavy atom. The van der Waals surface area contributed by atoms with E-state index in [1.165, 1.54) is 34.5 Å². The van der Waals surface area contributed by atoms with E-state index in [0.29, 0.717) is 57.6 Å². The molecule has 5 aromatic rings. The van der Waals surface area contributed by atoms with Crippen LogP contribution in [0, 0.1) is 9.62 Å². The van der Waals surface area contributed by atoms with Crippen molar-refractivity contribution in [2.45, 2.75) is 44.5 Å². The molecule has 0 aliphatic heterocycles. The molecule has 1 aliphatic carbocycles. The molecule has 0 spiro atoms. The highest BCUT2D eigenvalue weighted by Gasteiger charge is 2.28. The van der Waals surface area contributed by atoms with E-state index in [2.05, 4.69) is 30.8 Å². The molecule has 1 fully saturated rings. The molecule has 0 bridgehead atoms. The van der Waals surface area contributed by atoms with Crippen molar-refractivity contribution in [3.63, 3.8) is 0 Å². The van der Waals surface area contributed by atoms with Gasteiger partial charge in [0, 0.05) is 42.8 Å². The van der Waals surface area contributed by atoms with Crippen LogP contribution in [0.1, 0.15) is 42.5 Å². The van der Waals surface area contributed by atoms with Gasteiger partial charge in [0.1, 0.15) is 9.45 Å². The first kappa shape index (κ1) is 36.7. The van der Waals surface area contributed by atoms with Crippen LogP contribution < -0.4 is 15.4 Å². The predicted octanol–water partition coefficient (Wildman–Crippen LogP) is 8.76. The number of benzene rings is 1. The highest BCUT2D eigenvalue weighted by Crippen LogP contribution is 2.36. The second kappa shape index (κ2) is 15.1. The number of ether oxygens (including phenoxy) is 1. The Morgan fingerprint density at radius 3 is 2.00 bits per heavy atom. The Labute approximate surface area is 298 Å². The SMILES string of the molecule is COc1cc(C(=O)CC2CC2)ccc1-c1cnc2c(NCCC(F)(F)F)cc(Cl)nn12.FC(F)(F)CCNc1cc(Cl)nn2c(I)cnc12. The second-order valence-electron chi connectivity index (χ2n) is 11.0. The van der Waals surface area contributed by atoms with Crippen molar-refractivity contribution in [1.82, 2.24) is 29.2 Å². The van der Waals surface area contributed by atoms with Gasteiger partial charge in [-0.1, -0.05) is 29.3 Å². The summed E-state index contributed by atoms with van der Waals surface area (Å²) in [7, 11) is 1.50. The van der Waals surface area contributed by atoms with E-state index in [4.69, 9.17) is 27.9 Å². The lowest BCUT2D eigenvalue weighted by Crippen LogP contribution is -2.15. The van der Waals surface area contributed by atoms with E-state index < -0.39 is 25.2 Å². The number of hydrogen-bond acceptors (Lipinski definition) is 8. The molecule has 1 aliphatic rings. The van der Waals surface area contributed by atoms with Gasteiger partial charge in [-0.15, -0.1) is 0 Å². The smallest absolute Gasteiger partial charge is 0.390 e. The van der Waals surface area contributed by atoms with Crippen LogP contribution in [-0.4, -0.2) is 67.5 Å². The van der Waals surface area contributed by atoms with E-state index in [-0.39, 0.29) is 29.2 Å². The Balaban J connectivity index is 0.000000221. The first-order valence-corrected chi connectivity index (χ1v) is 16.5. The maximum absolute atomic E-state index is 12.5. The molecule has 1 aromatic carbocycles. The lowest BCUT2D eigenvalue weighted by molar-refractivity contribution is -0.132. The normalized spacial score (nSPS) is 13.3. The number of imidazole rings is 2. The van der Waals surface area contributed by atoms with Crippen molar-refractivity contribution in [2.24, 2.45) is 5.92 Å². The number of nitrogens with one attached hydrogen (secondary N) is 2. The van der Waals surface area contributed by atoms with Gasteiger partial charge in [-0.25, -0.2) is 19.0 Å². The number of methoxy groups -OCH3 is 1. The molecular formula is C30H27Cl2F6IN8O2. The number of ketones is 1. The fourth-order valence-electron chi connectivity index (χ4n) is 4.75. The molecular weight excluding hydrogens is 816 g/mol. The molecule has 4 aromatic heterocycles. The van der Waals surface area contributed by atoms with Gasteiger partial charge in [0.05, 0.1) is 49.4 Å². The summed E-state index contributed by atoms with van der Waals surface area (Å²) in [6.45, 7) is -0.550. The molecule has 0 saturated heterocycles. The maximum Gasteiger partial charge on any atom is 0.390 e. The number of carbonyl (C=O) groups excluding carboxylic acids is 1. The lowest BCUT2D eigenvalue weighted by Gasteiger charge is -2.12. The molecule has 19 heteroatoms. The Bertz CT molecular complexity index is 1960. The van der Waals surface area contributed by atoms with Crippen LogP contribution in [0.5, 0.6) is 5.75 Å². The van der Waals surface area contributed by atoms with Gasteiger partial charge in [-0.3, -0.25) is 4.79 Å². The Hall–Kier alpha value is -3.58. The minimum absolute atomic E-state index is 0.0720. The van der Waals surface area contributed by atoms with E-state index in [0.717, 1.165) is 16.5 Å². The van der Waals surface area contributed by atoms with E-state index in [1.54, 1.807) is 24.4 Å². The quantitative estimate of drug-likeness (QED) is 0.0772. The van der Waals surface area contributed by atoms with Crippen LogP contribution in [-0.2, 0) is 0 Å². The van der Waals surface area contributed by atoms with Crippen LogP contribution in [0.15, 0.2) is 42.7 Å². The molecule has 10 nitrogen and oxygen atoms in total. The minimum atomic E-state index is -4.27. The van der Waals surface area contributed by atoms with Gasteiger partial charge < -0.3 is 15.4 Å². The fraction of sp³-hybridized carbons (Fsp3) is 0.367. The first-order chi connectivity index (χ1) is 23.1. The number of rotatable bonds is 11. The van der Waals surface area contributed by atoms with Gasteiger partial charge in [-0.2, -0.15) is 36.5 Å². The van der Waals surface area contributed by atoms with Gasteiger partial charge >= 0.3 is 12.4 Å². The Morgan fingerprint density at radius 1 is 0.898 bits per heavy atom. The summed E-state index contributed by atoms with van der Waals surface area (Å²) < 4.78 is 82.8. The lowest BCUT2D eigenvalue weighted by atomic mass is 10.0. The molecule has 0 amide bonds. The third-order valence-electron chi connectivity index (χ3n) is 7.25. The molecule has 262 valence electrons. The topological polar surface area (TPSA) is 111 Å². The van der Waals surface area contributed by atoms with Gasteiger partial charge in [0.2, 0.25) is 0 Å². The van der Waals surface area contributed by atoms with Crippen LogP contribution in [0.2, 0.25) is 10.3 Å². The summed E-state index contributed by atoms with van der Waals surface area (Å²) in [6, 6.07) is 8.06. The van der Waals surface area contributed by atoms with Gasteiger partial charge in [-0.05, 0) is 53.5 Å². The molecule has 2 N–H and O–H groups in total. The van der Waals surface area contributed by atoms with Crippen molar-refractivity contribution >= 4 is 74.2 Å². The van der Waals surface area contributed by atoms with E-state index >= 15 is 0 Å². The molecule has 6 rings (SSSR count). The third-order valence-corrected chi connectivity index (χ3v) is 8.36. The monoisotopic (exact) mass is 842 g/mol. The zero-order valence-corrected chi connectivity index (χ0v) is 29.1. The summed E-state index contributed by atoms with van der Waals surface area (Å²) in [5, 5.41) is 13.9. The zero-order valence-electron chi connectivity index (χ0n) is 25.5. The van der Waals surface area contributed by atoms with Crippen molar-refractivity contribution in [3.8, 4) is 17.0 Å². The largest absolute Gasteiger partial charge is 0.496 e. The average Bonchev–Trinajstić information content (AvgIpc) is 3.61. The molecule has 49 heavy (non-hydrogen) atoms. The molecule has 0 atom stereocenters. The van der Waals surface area contributed by atoms with Crippen molar-refractivity contribution < 1.29 is 35.9 Å². The maximum atomic E-state index is 12.5. The van der Waals surface area contributed by atoms with E-state index in [9.17, 15) is 31.1 Å². The zero-order chi connectivity index (χ0) is 35.5. The number of alkyl halides is 6. The summed E-state index contributed by atoms with van der Waals surface area (Å²) in [6.07, 6.45) is -4.55.